The van der Waals surface area contributed by atoms with Crippen LogP contribution in [0.3, 0.4) is 0 Å². The molecular formula is C39H74NO8P. The fourth-order valence-electron chi connectivity index (χ4n) is 5.33. The predicted molar refractivity (Wildman–Crippen MR) is 201 cm³/mol. The molecular weight excluding hydrogens is 641 g/mol. The first-order valence-corrected chi connectivity index (χ1v) is 21.3. The summed E-state index contributed by atoms with van der Waals surface area (Å²) in [7, 11) is -4.38. The Morgan fingerprint density at radius 3 is 1.45 bits per heavy atom. The zero-order valence-corrected chi connectivity index (χ0v) is 32.3. The Labute approximate surface area is 300 Å². The monoisotopic (exact) mass is 716 g/mol. The summed E-state index contributed by atoms with van der Waals surface area (Å²) in [5.74, 6) is -0.864. The van der Waals surface area contributed by atoms with E-state index in [9.17, 15) is 19.0 Å². The summed E-state index contributed by atoms with van der Waals surface area (Å²) >= 11 is 0. The molecule has 0 heterocycles. The van der Waals surface area contributed by atoms with Gasteiger partial charge in [-0.25, -0.2) is 4.57 Å². The van der Waals surface area contributed by atoms with Crippen molar-refractivity contribution in [2.24, 2.45) is 5.73 Å². The van der Waals surface area contributed by atoms with Crippen molar-refractivity contribution in [1.82, 2.24) is 0 Å². The third kappa shape index (κ3) is 36.1. The second-order valence-electron chi connectivity index (χ2n) is 13.1. The molecule has 0 aliphatic rings. The lowest BCUT2D eigenvalue weighted by atomic mass is 10.1. The van der Waals surface area contributed by atoms with Gasteiger partial charge in [-0.15, -0.1) is 0 Å². The highest BCUT2D eigenvalue weighted by Crippen LogP contribution is 2.43. The minimum Gasteiger partial charge on any atom is -0.462 e. The summed E-state index contributed by atoms with van der Waals surface area (Å²) in [6, 6.07) is 0. The maximum atomic E-state index is 12.5. The second kappa shape index (κ2) is 36.3. The van der Waals surface area contributed by atoms with Crippen molar-refractivity contribution >= 4 is 19.8 Å². The van der Waals surface area contributed by atoms with Gasteiger partial charge in [0.1, 0.15) is 6.61 Å². The average Bonchev–Trinajstić information content (AvgIpc) is 3.08. The quantitative estimate of drug-likeness (QED) is 0.0279. The van der Waals surface area contributed by atoms with Gasteiger partial charge in [-0.05, 0) is 64.2 Å². The summed E-state index contributed by atoms with van der Waals surface area (Å²) in [5, 5.41) is 0. The number of allylic oxidation sites excluding steroid dienone is 4. The summed E-state index contributed by atoms with van der Waals surface area (Å²) in [6.07, 6.45) is 36.4. The molecule has 1 unspecified atom stereocenters. The van der Waals surface area contributed by atoms with Gasteiger partial charge in [-0.2, -0.15) is 0 Å². The molecule has 0 spiro atoms. The molecule has 0 fully saturated rings. The highest BCUT2D eigenvalue weighted by atomic mass is 31.2. The number of hydrogen-bond donors (Lipinski definition) is 2. The van der Waals surface area contributed by atoms with Crippen molar-refractivity contribution in [3.63, 3.8) is 0 Å². The number of nitrogens with two attached hydrogens (primary N) is 1. The Kier molecular flexibility index (Phi) is 35.2. The molecule has 10 heteroatoms. The molecule has 0 aliphatic carbocycles. The second-order valence-corrected chi connectivity index (χ2v) is 14.6. The third-order valence-electron chi connectivity index (χ3n) is 8.31. The van der Waals surface area contributed by atoms with Gasteiger partial charge in [-0.3, -0.25) is 18.6 Å². The lowest BCUT2D eigenvalue weighted by molar-refractivity contribution is -0.161. The fraction of sp³-hybridized carbons (Fsp3) is 0.846. The van der Waals surface area contributed by atoms with E-state index in [1.807, 2.05) is 0 Å². The van der Waals surface area contributed by atoms with Crippen LogP contribution in [0.25, 0.3) is 0 Å². The first-order valence-electron chi connectivity index (χ1n) is 19.8. The lowest BCUT2D eigenvalue weighted by Gasteiger charge is -2.19. The van der Waals surface area contributed by atoms with Crippen LogP contribution in [-0.2, 0) is 32.7 Å². The van der Waals surface area contributed by atoms with Gasteiger partial charge in [-0.1, -0.05) is 128 Å². The van der Waals surface area contributed by atoms with E-state index in [0.717, 1.165) is 51.4 Å². The molecule has 0 bridgehead atoms. The molecule has 0 aromatic rings. The number of hydrogen-bond acceptors (Lipinski definition) is 8. The Morgan fingerprint density at radius 2 is 1.00 bits per heavy atom. The molecule has 9 nitrogen and oxygen atoms in total. The van der Waals surface area contributed by atoms with Gasteiger partial charge < -0.3 is 20.1 Å². The van der Waals surface area contributed by atoms with Gasteiger partial charge in [0.05, 0.1) is 13.2 Å². The number of esters is 2. The van der Waals surface area contributed by atoms with Crippen LogP contribution in [-0.4, -0.2) is 49.3 Å². The molecule has 288 valence electrons. The molecule has 49 heavy (non-hydrogen) atoms. The molecule has 0 radical (unpaired) electrons. The first kappa shape index (κ1) is 47.5. The molecule has 0 rings (SSSR count). The van der Waals surface area contributed by atoms with Crippen LogP contribution in [0.2, 0.25) is 0 Å². The summed E-state index contributed by atoms with van der Waals surface area (Å²) < 4.78 is 32.6. The topological polar surface area (TPSA) is 134 Å². The molecule has 0 saturated heterocycles. The van der Waals surface area contributed by atoms with Crippen LogP contribution in [0, 0.1) is 0 Å². The van der Waals surface area contributed by atoms with E-state index in [2.05, 4.69) is 38.2 Å². The van der Waals surface area contributed by atoms with Gasteiger partial charge >= 0.3 is 19.8 Å². The normalized spacial score (nSPS) is 13.6. The number of phosphoric ester groups is 1. The molecule has 0 amide bonds. The van der Waals surface area contributed by atoms with Crippen LogP contribution >= 0.6 is 7.82 Å². The van der Waals surface area contributed by atoms with Crippen LogP contribution in [0.5, 0.6) is 0 Å². The van der Waals surface area contributed by atoms with E-state index in [1.54, 1.807) is 0 Å². The van der Waals surface area contributed by atoms with E-state index < -0.39 is 32.5 Å². The molecule has 0 saturated carbocycles. The maximum absolute atomic E-state index is 12.5. The van der Waals surface area contributed by atoms with Gasteiger partial charge in [0.2, 0.25) is 0 Å². The average molecular weight is 716 g/mol. The van der Waals surface area contributed by atoms with Gasteiger partial charge in [0, 0.05) is 19.4 Å². The molecule has 3 N–H and O–H groups in total. The maximum Gasteiger partial charge on any atom is 0.472 e. The van der Waals surface area contributed by atoms with E-state index in [0.29, 0.717) is 12.8 Å². The van der Waals surface area contributed by atoms with E-state index in [4.69, 9.17) is 24.3 Å². The van der Waals surface area contributed by atoms with Crippen LogP contribution < -0.4 is 5.73 Å². The SMILES string of the molecule is CCCCCCCC/C=C/CCCCCC(=O)OC[C@H](COP(=O)(O)OCCN)OC(=O)CCCCC/C=C/CCCCCCCCCC. The van der Waals surface area contributed by atoms with E-state index in [1.165, 1.54) is 89.9 Å². The highest BCUT2D eigenvalue weighted by Gasteiger charge is 2.25. The van der Waals surface area contributed by atoms with E-state index >= 15 is 0 Å². The van der Waals surface area contributed by atoms with Crippen molar-refractivity contribution in [3.8, 4) is 0 Å². The Morgan fingerprint density at radius 1 is 0.592 bits per heavy atom. The van der Waals surface area contributed by atoms with Crippen molar-refractivity contribution in [3.05, 3.63) is 24.3 Å². The molecule has 0 aromatic carbocycles. The number of carbonyl (C=O) groups excluding carboxylic acids is 2. The number of phosphoric acid groups is 1. The minimum atomic E-state index is -4.38. The largest absolute Gasteiger partial charge is 0.472 e. The van der Waals surface area contributed by atoms with Crippen LogP contribution in [0.4, 0.5) is 0 Å². The Bertz CT molecular complexity index is 866. The minimum absolute atomic E-state index is 0.0501. The van der Waals surface area contributed by atoms with Crippen molar-refractivity contribution < 1.29 is 37.6 Å². The van der Waals surface area contributed by atoms with Gasteiger partial charge in [0.15, 0.2) is 6.10 Å². The zero-order valence-electron chi connectivity index (χ0n) is 31.4. The smallest absolute Gasteiger partial charge is 0.462 e. The Hall–Kier alpha value is -1.51. The lowest BCUT2D eigenvalue weighted by Crippen LogP contribution is -2.29. The number of carbonyl (C=O) groups is 2. The van der Waals surface area contributed by atoms with Crippen molar-refractivity contribution in [1.29, 1.82) is 0 Å². The van der Waals surface area contributed by atoms with Crippen LogP contribution in [0.15, 0.2) is 24.3 Å². The summed E-state index contributed by atoms with van der Waals surface area (Å²) in [6.45, 7) is 3.68. The summed E-state index contributed by atoms with van der Waals surface area (Å²) in [5.41, 5.74) is 5.33. The van der Waals surface area contributed by atoms with Crippen molar-refractivity contribution in [2.75, 3.05) is 26.4 Å². The molecule has 0 aromatic heterocycles. The number of ether oxygens (including phenoxy) is 2. The van der Waals surface area contributed by atoms with Crippen molar-refractivity contribution in [2.45, 2.75) is 187 Å². The van der Waals surface area contributed by atoms with Crippen LogP contribution in [0.1, 0.15) is 181 Å². The molecule has 0 aliphatic heterocycles. The number of rotatable bonds is 37. The van der Waals surface area contributed by atoms with Gasteiger partial charge in [0.25, 0.3) is 0 Å². The predicted octanol–water partition coefficient (Wildman–Crippen LogP) is 10.8. The Balaban J connectivity index is 4.25. The number of unbranched alkanes of at least 4 members (excludes halogenated alkanes) is 20. The third-order valence-corrected chi connectivity index (χ3v) is 9.29. The molecule has 2 atom stereocenters. The first-order chi connectivity index (χ1) is 23.8. The zero-order chi connectivity index (χ0) is 36.1. The highest BCUT2D eigenvalue weighted by molar-refractivity contribution is 7.47. The standard InChI is InChI=1S/C39H74NO8P/c1-3-5-7-9-11-13-15-17-18-20-22-24-26-28-30-32-39(42)48-37(36-47-49(43,44)46-34-33-40)35-45-38(41)31-29-27-25-23-21-19-16-14-12-10-8-6-4-2/h19-22,37H,3-18,23-36,40H2,1-2H3,(H,43,44)/b21-19+,22-20+/t37-/m1/s1. The fourth-order valence-corrected chi connectivity index (χ4v) is 6.09. The summed E-state index contributed by atoms with van der Waals surface area (Å²) in [4.78, 5) is 34.7. The van der Waals surface area contributed by atoms with E-state index in [-0.39, 0.29) is 32.6 Å².